The highest BCUT2D eigenvalue weighted by molar-refractivity contribution is 5.58. The Morgan fingerprint density at radius 2 is 1.93 bits per heavy atom. The Morgan fingerprint density at radius 3 is 2.71 bits per heavy atom. The van der Waals surface area contributed by atoms with E-state index in [0.717, 1.165) is 42.3 Å². The Labute approximate surface area is 165 Å². The first kappa shape index (κ1) is 18.5. The van der Waals surface area contributed by atoms with Crippen LogP contribution in [0.2, 0.25) is 0 Å². The quantitative estimate of drug-likeness (QED) is 0.690. The number of fused-ring (bicyclic) bond motifs is 1. The molecule has 6 heteroatoms. The first-order valence-electron chi connectivity index (χ1n) is 9.68. The summed E-state index contributed by atoms with van der Waals surface area (Å²) in [5, 5.41) is 13.9. The van der Waals surface area contributed by atoms with E-state index in [1.165, 1.54) is 5.56 Å². The van der Waals surface area contributed by atoms with E-state index in [1.807, 2.05) is 55.6 Å². The monoisotopic (exact) mass is 375 g/mol. The predicted octanol–water partition coefficient (Wildman–Crippen LogP) is 2.74. The van der Waals surface area contributed by atoms with Crippen LogP contribution in [0.15, 0.2) is 54.7 Å². The van der Waals surface area contributed by atoms with Crippen molar-refractivity contribution in [3.05, 3.63) is 71.5 Å². The molecule has 0 aliphatic carbocycles. The molecule has 2 aromatic heterocycles. The van der Waals surface area contributed by atoms with Crippen LogP contribution in [0.25, 0.3) is 11.5 Å². The molecule has 4 rings (SSSR count). The van der Waals surface area contributed by atoms with Gasteiger partial charge in [0.15, 0.2) is 5.82 Å². The van der Waals surface area contributed by atoms with E-state index in [9.17, 15) is 5.11 Å². The van der Waals surface area contributed by atoms with Crippen molar-refractivity contribution in [3.63, 3.8) is 0 Å². The van der Waals surface area contributed by atoms with Crippen molar-refractivity contribution in [2.24, 2.45) is 0 Å². The SMILES string of the molecule is CN(CC[C@@H](O)c1ccccc1)c1nc(-c2ccccn2)nc2c1CCNC2. The van der Waals surface area contributed by atoms with Gasteiger partial charge in [0.05, 0.1) is 11.8 Å². The van der Waals surface area contributed by atoms with Crippen molar-refractivity contribution in [2.45, 2.75) is 25.5 Å². The van der Waals surface area contributed by atoms with Gasteiger partial charge in [0.1, 0.15) is 11.5 Å². The van der Waals surface area contributed by atoms with Gasteiger partial charge in [-0.2, -0.15) is 0 Å². The van der Waals surface area contributed by atoms with E-state index in [4.69, 9.17) is 9.97 Å². The number of hydrogen-bond donors (Lipinski definition) is 2. The summed E-state index contributed by atoms with van der Waals surface area (Å²) in [7, 11) is 2.03. The summed E-state index contributed by atoms with van der Waals surface area (Å²) in [5.74, 6) is 1.58. The van der Waals surface area contributed by atoms with Crippen molar-refractivity contribution in [1.29, 1.82) is 0 Å². The Kier molecular flexibility index (Phi) is 5.60. The zero-order chi connectivity index (χ0) is 19.3. The van der Waals surface area contributed by atoms with E-state index < -0.39 is 6.10 Å². The fraction of sp³-hybridized carbons (Fsp3) is 0.318. The van der Waals surface area contributed by atoms with Gasteiger partial charge in [0, 0.05) is 31.9 Å². The number of benzene rings is 1. The highest BCUT2D eigenvalue weighted by Crippen LogP contribution is 2.27. The Hall–Kier alpha value is -2.83. The molecule has 144 valence electrons. The second kappa shape index (κ2) is 8.46. The van der Waals surface area contributed by atoms with Crippen LogP contribution in [0.1, 0.15) is 29.3 Å². The summed E-state index contributed by atoms with van der Waals surface area (Å²) in [6.45, 7) is 2.37. The summed E-state index contributed by atoms with van der Waals surface area (Å²) >= 11 is 0. The molecule has 0 radical (unpaired) electrons. The zero-order valence-corrected chi connectivity index (χ0v) is 16.0. The molecule has 0 amide bonds. The van der Waals surface area contributed by atoms with Gasteiger partial charge in [0.25, 0.3) is 0 Å². The van der Waals surface area contributed by atoms with Crippen molar-refractivity contribution >= 4 is 5.82 Å². The lowest BCUT2D eigenvalue weighted by Crippen LogP contribution is -2.30. The molecule has 28 heavy (non-hydrogen) atoms. The van der Waals surface area contributed by atoms with Gasteiger partial charge in [-0.25, -0.2) is 9.97 Å². The Balaban J connectivity index is 1.58. The van der Waals surface area contributed by atoms with Crippen LogP contribution in [0, 0.1) is 0 Å². The smallest absolute Gasteiger partial charge is 0.180 e. The van der Waals surface area contributed by atoms with Crippen LogP contribution in [-0.4, -0.2) is 40.2 Å². The molecule has 3 heterocycles. The maximum Gasteiger partial charge on any atom is 0.180 e. The van der Waals surface area contributed by atoms with Crippen LogP contribution < -0.4 is 10.2 Å². The third kappa shape index (κ3) is 4.03. The molecule has 0 spiro atoms. The van der Waals surface area contributed by atoms with Gasteiger partial charge < -0.3 is 15.3 Å². The maximum atomic E-state index is 10.5. The highest BCUT2D eigenvalue weighted by atomic mass is 16.3. The number of aliphatic hydroxyl groups is 1. The lowest BCUT2D eigenvalue weighted by Gasteiger charge is -2.26. The molecular weight excluding hydrogens is 350 g/mol. The molecule has 0 bridgehead atoms. The first-order chi connectivity index (χ1) is 13.7. The molecule has 1 aliphatic heterocycles. The second-order valence-electron chi connectivity index (χ2n) is 7.07. The highest BCUT2D eigenvalue weighted by Gasteiger charge is 2.21. The molecule has 1 aromatic carbocycles. The van der Waals surface area contributed by atoms with Gasteiger partial charge >= 0.3 is 0 Å². The van der Waals surface area contributed by atoms with Gasteiger partial charge in [-0.05, 0) is 37.1 Å². The lowest BCUT2D eigenvalue weighted by molar-refractivity contribution is 0.169. The number of pyridine rings is 1. The number of rotatable bonds is 6. The molecule has 0 saturated heterocycles. The lowest BCUT2D eigenvalue weighted by atomic mass is 10.0. The molecule has 1 aliphatic rings. The molecule has 0 unspecified atom stereocenters. The van der Waals surface area contributed by atoms with Crippen LogP contribution in [0.4, 0.5) is 5.82 Å². The predicted molar refractivity (Wildman–Crippen MR) is 110 cm³/mol. The normalized spacial score (nSPS) is 14.4. The van der Waals surface area contributed by atoms with E-state index >= 15 is 0 Å². The average Bonchev–Trinajstić information content (AvgIpc) is 2.77. The number of nitrogens with zero attached hydrogens (tertiary/aromatic N) is 4. The Morgan fingerprint density at radius 1 is 1.11 bits per heavy atom. The molecule has 1 atom stereocenters. The summed E-state index contributed by atoms with van der Waals surface area (Å²) in [6.07, 6.45) is 2.81. The average molecular weight is 375 g/mol. The summed E-state index contributed by atoms with van der Waals surface area (Å²) in [5.41, 5.74) is 3.94. The van der Waals surface area contributed by atoms with Gasteiger partial charge in [-0.3, -0.25) is 4.98 Å². The fourth-order valence-electron chi connectivity index (χ4n) is 3.53. The standard InChI is InChI=1S/C22H25N5O/c1-27(14-11-20(28)16-7-3-2-4-8-16)22-17-10-13-23-15-19(17)25-21(26-22)18-9-5-6-12-24-18/h2-9,12,20,23,28H,10-11,13-15H2,1H3/t20-/m1/s1. The van der Waals surface area contributed by atoms with E-state index in [0.29, 0.717) is 18.8 Å². The van der Waals surface area contributed by atoms with Crippen LogP contribution >= 0.6 is 0 Å². The summed E-state index contributed by atoms with van der Waals surface area (Å²) in [4.78, 5) is 16.1. The molecule has 2 N–H and O–H groups in total. The minimum Gasteiger partial charge on any atom is -0.388 e. The number of hydrogen-bond acceptors (Lipinski definition) is 6. The second-order valence-corrected chi connectivity index (χ2v) is 7.07. The van der Waals surface area contributed by atoms with Crippen LogP contribution in [0.5, 0.6) is 0 Å². The largest absolute Gasteiger partial charge is 0.388 e. The molecular formula is C22H25N5O. The van der Waals surface area contributed by atoms with Crippen LogP contribution in [0.3, 0.4) is 0 Å². The van der Waals surface area contributed by atoms with Gasteiger partial charge in [0.2, 0.25) is 0 Å². The van der Waals surface area contributed by atoms with E-state index in [1.54, 1.807) is 6.20 Å². The maximum absolute atomic E-state index is 10.5. The van der Waals surface area contributed by atoms with E-state index in [2.05, 4.69) is 15.2 Å². The fourth-order valence-corrected chi connectivity index (χ4v) is 3.53. The molecule has 0 fully saturated rings. The topological polar surface area (TPSA) is 74.2 Å². The van der Waals surface area contributed by atoms with Crippen molar-refractivity contribution in [2.75, 3.05) is 25.0 Å². The molecule has 6 nitrogen and oxygen atoms in total. The Bertz CT molecular complexity index is 917. The number of anilines is 1. The third-order valence-electron chi connectivity index (χ3n) is 5.09. The van der Waals surface area contributed by atoms with Crippen LogP contribution in [-0.2, 0) is 13.0 Å². The number of aliphatic hydroxyl groups excluding tert-OH is 1. The summed E-state index contributed by atoms with van der Waals surface area (Å²) in [6, 6.07) is 15.6. The van der Waals surface area contributed by atoms with Crippen molar-refractivity contribution < 1.29 is 5.11 Å². The summed E-state index contributed by atoms with van der Waals surface area (Å²) < 4.78 is 0. The zero-order valence-electron chi connectivity index (χ0n) is 16.0. The minimum absolute atomic E-state index is 0.488. The van der Waals surface area contributed by atoms with Gasteiger partial charge in [-0.15, -0.1) is 0 Å². The first-order valence-corrected chi connectivity index (χ1v) is 9.68. The molecule has 0 saturated carbocycles. The number of aromatic nitrogens is 3. The van der Waals surface area contributed by atoms with Crippen molar-refractivity contribution in [3.8, 4) is 11.5 Å². The number of nitrogens with one attached hydrogen (secondary N) is 1. The van der Waals surface area contributed by atoms with Gasteiger partial charge in [-0.1, -0.05) is 36.4 Å². The third-order valence-corrected chi connectivity index (χ3v) is 5.09. The van der Waals surface area contributed by atoms with Crippen molar-refractivity contribution in [1.82, 2.24) is 20.3 Å². The minimum atomic E-state index is -0.488. The van der Waals surface area contributed by atoms with E-state index in [-0.39, 0.29) is 0 Å². The molecule has 3 aromatic rings.